The van der Waals surface area contributed by atoms with E-state index < -0.39 is 0 Å². The average Bonchev–Trinajstić information content (AvgIpc) is 2.47. The topological polar surface area (TPSA) is 68.0 Å². The molecule has 16 heavy (non-hydrogen) atoms. The Morgan fingerprint density at radius 1 is 1.75 bits per heavy atom. The van der Waals surface area contributed by atoms with Crippen LogP contribution in [-0.2, 0) is 11.2 Å². The van der Waals surface area contributed by atoms with Crippen LogP contribution >= 0.6 is 11.3 Å². The molecular formula is C11H17N3OS. The minimum absolute atomic E-state index is 0.0460. The molecule has 0 saturated heterocycles. The van der Waals surface area contributed by atoms with Crippen molar-refractivity contribution in [2.24, 2.45) is 5.92 Å². The van der Waals surface area contributed by atoms with E-state index >= 15 is 0 Å². The Morgan fingerprint density at radius 2 is 2.50 bits per heavy atom. The third-order valence-corrected chi connectivity index (χ3v) is 3.88. The van der Waals surface area contributed by atoms with Gasteiger partial charge in [-0.05, 0) is 25.7 Å². The highest BCUT2D eigenvalue weighted by Crippen LogP contribution is 2.29. The highest BCUT2D eigenvalue weighted by atomic mass is 32.1. The molecule has 5 heteroatoms. The minimum atomic E-state index is 0.0460. The van der Waals surface area contributed by atoms with E-state index in [4.69, 9.17) is 5.73 Å². The smallest absolute Gasteiger partial charge is 0.226 e. The number of hydrogen-bond acceptors (Lipinski definition) is 4. The first-order valence-electron chi connectivity index (χ1n) is 5.64. The van der Waals surface area contributed by atoms with Gasteiger partial charge in [-0.3, -0.25) is 4.79 Å². The number of thiazole rings is 1. The number of aromatic nitrogens is 1. The fraction of sp³-hybridized carbons (Fsp3) is 0.636. The molecular weight excluding hydrogens is 222 g/mol. The van der Waals surface area contributed by atoms with Crippen molar-refractivity contribution >= 4 is 22.4 Å². The zero-order valence-corrected chi connectivity index (χ0v) is 10.2. The SMILES string of the molecule is CC(NC(=O)Cc1csc(N)n1)C1CCC1. The molecule has 1 heterocycles. The van der Waals surface area contributed by atoms with Crippen molar-refractivity contribution in [1.82, 2.24) is 10.3 Å². The molecule has 1 aromatic rings. The minimum Gasteiger partial charge on any atom is -0.375 e. The van der Waals surface area contributed by atoms with Gasteiger partial charge in [-0.2, -0.15) is 0 Å². The van der Waals surface area contributed by atoms with Crippen LogP contribution in [0.5, 0.6) is 0 Å². The normalized spacial score (nSPS) is 17.8. The number of carbonyl (C=O) groups excluding carboxylic acids is 1. The van der Waals surface area contributed by atoms with Gasteiger partial charge < -0.3 is 11.1 Å². The zero-order chi connectivity index (χ0) is 11.5. The Labute approximate surface area is 99.3 Å². The lowest BCUT2D eigenvalue weighted by Gasteiger charge is -2.31. The van der Waals surface area contributed by atoms with Gasteiger partial charge in [0.1, 0.15) is 0 Å². The van der Waals surface area contributed by atoms with Gasteiger partial charge in [0.2, 0.25) is 5.91 Å². The van der Waals surface area contributed by atoms with Crippen molar-refractivity contribution < 1.29 is 4.79 Å². The van der Waals surface area contributed by atoms with Crippen LogP contribution in [-0.4, -0.2) is 16.9 Å². The molecule has 1 aliphatic rings. The molecule has 1 aromatic heterocycles. The second-order valence-electron chi connectivity index (χ2n) is 4.40. The Bertz CT molecular complexity index is 373. The fourth-order valence-corrected chi connectivity index (χ4v) is 2.49. The van der Waals surface area contributed by atoms with E-state index in [1.165, 1.54) is 30.6 Å². The molecule has 3 N–H and O–H groups in total. The number of rotatable bonds is 4. The number of carbonyl (C=O) groups is 1. The van der Waals surface area contributed by atoms with Gasteiger partial charge in [-0.15, -0.1) is 11.3 Å². The molecule has 0 aromatic carbocycles. The standard InChI is InChI=1S/C11H17N3OS/c1-7(8-3-2-4-8)13-10(15)5-9-6-16-11(12)14-9/h6-8H,2-5H2,1H3,(H2,12,14)(H,13,15). The number of nitrogen functional groups attached to an aromatic ring is 1. The Balaban J connectivity index is 1.79. The number of nitrogens with zero attached hydrogens (tertiary/aromatic N) is 1. The van der Waals surface area contributed by atoms with Gasteiger partial charge in [-0.1, -0.05) is 6.42 Å². The van der Waals surface area contributed by atoms with Gasteiger partial charge in [0.15, 0.2) is 5.13 Å². The van der Waals surface area contributed by atoms with Crippen LogP contribution in [0.3, 0.4) is 0 Å². The third-order valence-electron chi connectivity index (χ3n) is 3.16. The number of amides is 1. The lowest BCUT2D eigenvalue weighted by atomic mass is 9.80. The second kappa shape index (κ2) is 4.82. The molecule has 0 spiro atoms. The van der Waals surface area contributed by atoms with Gasteiger partial charge >= 0.3 is 0 Å². The predicted octanol–water partition coefficient (Wildman–Crippen LogP) is 1.57. The summed E-state index contributed by atoms with van der Waals surface area (Å²) in [5.74, 6) is 0.717. The maximum absolute atomic E-state index is 11.7. The molecule has 4 nitrogen and oxygen atoms in total. The van der Waals surface area contributed by atoms with Crippen LogP contribution in [0.25, 0.3) is 0 Å². The first kappa shape index (κ1) is 11.4. The molecule has 1 atom stereocenters. The molecule has 1 aliphatic carbocycles. The van der Waals surface area contributed by atoms with E-state index in [-0.39, 0.29) is 11.9 Å². The van der Waals surface area contributed by atoms with Crippen LogP contribution < -0.4 is 11.1 Å². The van der Waals surface area contributed by atoms with Crippen molar-refractivity contribution in [3.8, 4) is 0 Å². The summed E-state index contributed by atoms with van der Waals surface area (Å²) >= 11 is 1.37. The van der Waals surface area contributed by atoms with Crippen LogP contribution in [0.4, 0.5) is 5.13 Å². The molecule has 0 radical (unpaired) electrons. The van der Waals surface area contributed by atoms with E-state index in [9.17, 15) is 4.79 Å². The first-order valence-corrected chi connectivity index (χ1v) is 6.52. The number of anilines is 1. The van der Waals surface area contributed by atoms with Gasteiger partial charge in [-0.25, -0.2) is 4.98 Å². The second-order valence-corrected chi connectivity index (χ2v) is 5.29. The monoisotopic (exact) mass is 239 g/mol. The molecule has 2 rings (SSSR count). The summed E-state index contributed by atoms with van der Waals surface area (Å²) < 4.78 is 0. The summed E-state index contributed by atoms with van der Waals surface area (Å²) in [5.41, 5.74) is 6.27. The van der Waals surface area contributed by atoms with Gasteiger partial charge in [0.05, 0.1) is 12.1 Å². The van der Waals surface area contributed by atoms with Crippen LogP contribution in [0, 0.1) is 5.92 Å². The van der Waals surface area contributed by atoms with E-state index in [0.29, 0.717) is 17.5 Å². The maximum atomic E-state index is 11.7. The van der Waals surface area contributed by atoms with E-state index in [2.05, 4.69) is 17.2 Å². The average molecular weight is 239 g/mol. The van der Waals surface area contributed by atoms with E-state index in [1.807, 2.05) is 5.38 Å². The van der Waals surface area contributed by atoms with Crippen LogP contribution in [0.2, 0.25) is 0 Å². The highest BCUT2D eigenvalue weighted by Gasteiger charge is 2.24. The quantitative estimate of drug-likeness (QED) is 0.838. The first-order chi connectivity index (χ1) is 7.65. The maximum Gasteiger partial charge on any atom is 0.226 e. The fourth-order valence-electron chi connectivity index (χ4n) is 1.93. The Kier molecular flexibility index (Phi) is 3.43. The molecule has 0 aliphatic heterocycles. The Hall–Kier alpha value is -1.10. The molecule has 1 amide bonds. The summed E-state index contributed by atoms with van der Waals surface area (Å²) in [6.07, 6.45) is 4.12. The van der Waals surface area contributed by atoms with Crippen LogP contribution in [0.1, 0.15) is 31.9 Å². The number of nitrogens with one attached hydrogen (secondary N) is 1. The summed E-state index contributed by atoms with van der Waals surface area (Å²) in [6.45, 7) is 2.08. The molecule has 0 bridgehead atoms. The van der Waals surface area contributed by atoms with Crippen molar-refractivity contribution in [3.63, 3.8) is 0 Å². The van der Waals surface area contributed by atoms with Crippen molar-refractivity contribution in [3.05, 3.63) is 11.1 Å². The highest BCUT2D eigenvalue weighted by molar-refractivity contribution is 7.13. The predicted molar refractivity (Wildman–Crippen MR) is 65.2 cm³/mol. The van der Waals surface area contributed by atoms with Gasteiger partial charge in [0.25, 0.3) is 0 Å². The van der Waals surface area contributed by atoms with Crippen molar-refractivity contribution in [2.75, 3.05) is 5.73 Å². The summed E-state index contributed by atoms with van der Waals surface area (Å²) in [4.78, 5) is 15.8. The molecule has 88 valence electrons. The van der Waals surface area contributed by atoms with E-state index in [1.54, 1.807) is 0 Å². The van der Waals surface area contributed by atoms with Crippen molar-refractivity contribution in [1.29, 1.82) is 0 Å². The van der Waals surface area contributed by atoms with E-state index in [0.717, 1.165) is 5.69 Å². The number of nitrogens with two attached hydrogens (primary N) is 1. The van der Waals surface area contributed by atoms with Crippen LogP contribution in [0.15, 0.2) is 5.38 Å². The summed E-state index contributed by atoms with van der Waals surface area (Å²) in [7, 11) is 0. The largest absolute Gasteiger partial charge is 0.375 e. The molecule has 1 unspecified atom stereocenters. The van der Waals surface area contributed by atoms with Crippen molar-refractivity contribution in [2.45, 2.75) is 38.6 Å². The number of hydrogen-bond donors (Lipinski definition) is 2. The lowest BCUT2D eigenvalue weighted by molar-refractivity contribution is -0.121. The summed E-state index contributed by atoms with van der Waals surface area (Å²) in [6, 6.07) is 0.289. The molecule has 1 fully saturated rings. The lowest BCUT2D eigenvalue weighted by Crippen LogP contribution is -2.41. The van der Waals surface area contributed by atoms with Gasteiger partial charge in [0, 0.05) is 11.4 Å². The zero-order valence-electron chi connectivity index (χ0n) is 9.40. The summed E-state index contributed by atoms with van der Waals surface area (Å²) in [5, 5.41) is 5.38. The molecule has 1 saturated carbocycles. The Morgan fingerprint density at radius 3 is 3.00 bits per heavy atom. The third kappa shape index (κ3) is 2.72.